The molecule has 2 saturated heterocycles. The minimum absolute atomic E-state index is 0.669. The number of hydrogen-bond acceptors (Lipinski definition) is 11. The molecule has 2 rings (SSSR count). The summed E-state index contributed by atoms with van der Waals surface area (Å²) < 4.78 is 15.4. The van der Waals surface area contributed by atoms with Crippen LogP contribution < -0.4 is 0 Å². The van der Waals surface area contributed by atoms with Crippen LogP contribution in [-0.4, -0.2) is 115 Å². The molecular formula is C12H22O11. The second-order valence-corrected chi connectivity index (χ2v) is 5.56. The lowest BCUT2D eigenvalue weighted by atomic mass is 9.99. The van der Waals surface area contributed by atoms with Gasteiger partial charge in [0.05, 0.1) is 13.2 Å². The molecule has 11 heteroatoms. The molecule has 0 aromatic heterocycles. The molecule has 9 atom stereocenters. The summed E-state index contributed by atoms with van der Waals surface area (Å²) >= 11 is 0. The molecule has 2 fully saturated rings. The first kappa shape index (κ1) is 18.9. The average Bonchev–Trinajstić information content (AvgIpc) is 2.80. The van der Waals surface area contributed by atoms with Crippen LogP contribution in [0.15, 0.2) is 0 Å². The van der Waals surface area contributed by atoms with Crippen molar-refractivity contribution in [1.82, 2.24) is 0 Å². The molecular weight excluding hydrogens is 320 g/mol. The first-order valence-corrected chi connectivity index (χ1v) is 7.05. The molecule has 136 valence electrons. The number of ether oxygens (including phenoxy) is 3. The van der Waals surface area contributed by atoms with Gasteiger partial charge in [0.1, 0.15) is 49.3 Å². The molecule has 2 aliphatic rings. The van der Waals surface area contributed by atoms with Crippen molar-refractivity contribution in [3.05, 3.63) is 0 Å². The molecule has 2 heterocycles. The van der Waals surface area contributed by atoms with Crippen LogP contribution in [0.2, 0.25) is 0 Å². The smallest absolute Gasteiger partial charge is 0.224 e. The van der Waals surface area contributed by atoms with Crippen LogP contribution in [0.5, 0.6) is 0 Å². The Labute approximate surface area is 130 Å². The molecule has 0 bridgehead atoms. The lowest BCUT2D eigenvalue weighted by Gasteiger charge is -2.43. The maximum absolute atomic E-state index is 10.00. The van der Waals surface area contributed by atoms with Crippen LogP contribution in [0.1, 0.15) is 0 Å². The number of hydrogen-bond donors (Lipinski definition) is 8. The fourth-order valence-corrected chi connectivity index (χ4v) is 2.63. The van der Waals surface area contributed by atoms with Crippen molar-refractivity contribution in [3.63, 3.8) is 0 Å². The Bertz CT molecular complexity index is 393. The van der Waals surface area contributed by atoms with E-state index in [-0.39, 0.29) is 0 Å². The van der Waals surface area contributed by atoms with E-state index >= 15 is 0 Å². The zero-order chi connectivity index (χ0) is 17.4. The van der Waals surface area contributed by atoms with Gasteiger partial charge in [0.25, 0.3) is 0 Å². The second kappa shape index (κ2) is 7.21. The van der Waals surface area contributed by atoms with Crippen LogP contribution in [0.3, 0.4) is 0 Å². The van der Waals surface area contributed by atoms with Gasteiger partial charge < -0.3 is 55.1 Å². The monoisotopic (exact) mass is 342 g/mol. The van der Waals surface area contributed by atoms with E-state index in [1.807, 2.05) is 0 Å². The first-order chi connectivity index (χ1) is 10.8. The maximum Gasteiger partial charge on any atom is 0.224 e. The molecule has 23 heavy (non-hydrogen) atoms. The highest BCUT2D eigenvalue weighted by Crippen LogP contribution is 2.35. The highest BCUT2D eigenvalue weighted by molar-refractivity contribution is 4.98. The van der Waals surface area contributed by atoms with Crippen LogP contribution in [-0.2, 0) is 14.2 Å². The lowest BCUT2D eigenvalue weighted by molar-refractivity contribution is -0.383. The Balaban J connectivity index is 2.18. The summed E-state index contributed by atoms with van der Waals surface area (Å²) in [7, 11) is 0. The zero-order valence-electron chi connectivity index (χ0n) is 12.0. The predicted molar refractivity (Wildman–Crippen MR) is 68.6 cm³/mol. The Morgan fingerprint density at radius 3 is 1.87 bits per heavy atom. The van der Waals surface area contributed by atoms with Gasteiger partial charge in [-0.15, -0.1) is 0 Å². The van der Waals surface area contributed by atoms with Crippen molar-refractivity contribution in [2.24, 2.45) is 0 Å². The Kier molecular flexibility index (Phi) is 5.92. The lowest BCUT2D eigenvalue weighted by Crippen LogP contribution is -2.62. The average molecular weight is 342 g/mol. The standard InChI is InChI=1S/C12H22O11/c13-1-4-6(16)8(18)9(19)11(21-4)23-12(3-15)10(20)7(17)5(2-14)22-12/h4-11,13-20H,1-3H2/t4?,5?,6-,7+,8-,9+,10-,11?,12+/m1/s1. The third-order valence-electron chi connectivity index (χ3n) is 4.07. The van der Waals surface area contributed by atoms with Crippen LogP contribution in [0.25, 0.3) is 0 Å². The second-order valence-electron chi connectivity index (χ2n) is 5.56. The topological polar surface area (TPSA) is 190 Å². The molecule has 2 aliphatic heterocycles. The van der Waals surface area contributed by atoms with Gasteiger partial charge in [-0.2, -0.15) is 0 Å². The van der Waals surface area contributed by atoms with Crippen molar-refractivity contribution in [2.75, 3.05) is 19.8 Å². The summed E-state index contributed by atoms with van der Waals surface area (Å²) in [5.74, 6) is -2.22. The SMILES string of the molecule is OCC1OC(O[C@]2(CO)OC(CO)[C@H](O)[C@H]2O)[C@@H](O)[C@H](O)[C@@H]1O. The Morgan fingerprint density at radius 1 is 0.783 bits per heavy atom. The van der Waals surface area contributed by atoms with E-state index in [0.717, 1.165) is 0 Å². The summed E-state index contributed by atoms with van der Waals surface area (Å²) in [6.07, 6.45) is -12.7. The van der Waals surface area contributed by atoms with Gasteiger partial charge in [-0.05, 0) is 0 Å². The predicted octanol–water partition coefficient (Wildman–Crippen LogP) is -5.40. The Morgan fingerprint density at radius 2 is 1.39 bits per heavy atom. The number of rotatable bonds is 5. The van der Waals surface area contributed by atoms with E-state index in [4.69, 9.17) is 24.4 Å². The molecule has 3 unspecified atom stereocenters. The molecule has 0 aromatic carbocycles. The maximum atomic E-state index is 10.00. The summed E-state index contributed by atoms with van der Waals surface area (Å²) in [4.78, 5) is 0. The van der Waals surface area contributed by atoms with Crippen molar-refractivity contribution in [3.8, 4) is 0 Å². The van der Waals surface area contributed by atoms with Crippen molar-refractivity contribution < 1.29 is 55.1 Å². The van der Waals surface area contributed by atoms with E-state index in [2.05, 4.69) is 0 Å². The minimum Gasteiger partial charge on any atom is -0.394 e. The van der Waals surface area contributed by atoms with E-state index in [1.165, 1.54) is 0 Å². The van der Waals surface area contributed by atoms with E-state index in [0.29, 0.717) is 0 Å². The zero-order valence-corrected chi connectivity index (χ0v) is 12.0. The molecule has 0 amide bonds. The van der Waals surface area contributed by atoms with Crippen molar-refractivity contribution in [1.29, 1.82) is 0 Å². The molecule has 0 saturated carbocycles. The third kappa shape index (κ3) is 3.23. The first-order valence-electron chi connectivity index (χ1n) is 7.05. The van der Waals surface area contributed by atoms with Crippen LogP contribution in [0.4, 0.5) is 0 Å². The van der Waals surface area contributed by atoms with Gasteiger partial charge in [-0.25, -0.2) is 0 Å². The molecule has 0 aromatic rings. The van der Waals surface area contributed by atoms with E-state index < -0.39 is 74.6 Å². The number of aliphatic hydroxyl groups excluding tert-OH is 8. The normalized spacial score (nSPS) is 51.1. The van der Waals surface area contributed by atoms with E-state index in [9.17, 15) is 30.6 Å². The van der Waals surface area contributed by atoms with Gasteiger partial charge in [0, 0.05) is 0 Å². The fourth-order valence-electron chi connectivity index (χ4n) is 2.63. The molecule has 11 nitrogen and oxygen atoms in total. The van der Waals surface area contributed by atoms with Gasteiger partial charge in [-0.1, -0.05) is 0 Å². The molecule has 0 radical (unpaired) electrons. The van der Waals surface area contributed by atoms with Gasteiger partial charge in [0.15, 0.2) is 6.29 Å². The van der Waals surface area contributed by atoms with Crippen molar-refractivity contribution >= 4 is 0 Å². The van der Waals surface area contributed by atoms with Gasteiger partial charge >= 0.3 is 0 Å². The highest BCUT2D eigenvalue weighted by Gasteiger charge is 2.58. The molecule has 8 N–H and O–H groups in total. The molecule has 0 aliphatic carbocycles. The van der Waals surface area contributed by atoms with Gasteiger partial charge in [-0.3, -0.25) is 0 Å². The largest absolute Gasteiger partial charge is 0.394 e. The minimum atomic E-state index is -2.22. The quantitative estimate of drug-likeness (QED) is 0.238. The molecule has 0 spiro atoms. The summed E-state index contributed by atoms with van der Waals surface area (Å²) in [5.41, 5.74) is 0. The summed E-state index contributed by atoms with van der Waals surface area (Å²) in [6.45, 7) is -2.32. The van der Waals surface area contributed by atoms with Gasteiger partial charge in [0.2, 0.25) is 5.79 Å². The van der Waals surface area contributed by atoms with Crippen LogP contribution in [0, 0.1) is 0 Å². The summed E-state index contributed by atoms with van der Waals surface area (Å²) in [6, 6.07) is 0. The fraction of sp³-hybridized carbons (Fsp3) is 1.00. The van der Waals surface area contributed by atoms with Crippen molar-refractivity contribution in [2.45, 2.75) is 54.8 Å². The number of aliphatic hydroxyl groups is 8. The summed E-state index contributed by atoms with van der Waals surface area (Å²) in [5, 5.41) is 76.7. The Hall–Kier alpha value is -0.440. The van der Waals surface area contributed by atoms with E-state index in [1.54, 1.807) is 0 Å². The third-order valence-corrected chi connectivity index (χ3v) is 4.07. The highest BCUT2D eigenvalue weighted by atomic mass is 16.8. The van der Waals surface area contributed by atoms with Crippen LogP contribution >= 0.6 is 0 Å².